The lowest BCUT2D eigenvalue weighted by Crippen LogP contribution is -2.19. The first-order valence-corrected chi connectivity index (χ1v) is 7.60. The second-order valence-electron chi connectivity index (χ2n) is 5.04. The SMILES string of the molecule is CNC(Cc1ccc(OC)c(F)c1)c1ccc(C)cc1Br. The summed E-state index contributed by atoms with van der Waals surface area (Å²) < 4.78 is 19.8. The van der Waals surface area contributed by atoms with Gasteiger partial charge in [-0.25, -0.2) is 4.39 Å². The van der Waals surface area contributed by atoms with E-state index < -0.39 is 0 Å². The molecule has 0 fully saturated rings. The van der Waals surface area contributed by atoms with Crippen LogP contribution in [0.4, 0.5) is 4.39 Å². The molecule has 2 nitrogen and oxygen atoms in total. The van der Waals surface area contributed by atoms with Crippen LogP contribution in [0.1, 0.15) is 22.7 Å². The number of ether oxygens (including phenoxy) is 1. The Morgan fingerprint density at radius 2 is 2.00 bits per heavy atom. The highest BCUT2D eigenvalue weighted by molar-refractivity contribution is 9.10. The van der Waals surface area contributed by atoms with Crippen LogP contribution >= 0.6 is 15.9 Å². The summed E-state index contributed by atoms with van der Waals surface area (Å²) in [4.78, 5) is 0. The van der Waals surface area contributed by atoms with Crippen LogP contribution < -0.4 is 10.1 Å². The smallest absolute Gasteiger partial charge is 0.165 e. The normalized spacial score (nSPS) is 12.2. The summed E-state index contributed by atoms with van der Waals surface area (Å²) in [5.41, 5.74) is 3.30. The highest BCUT2D eigenvalue weighted by Gasteiger charge is 2.14. The summed E-state index contributed by atoms with van der Waals surface area (Å²) in [6, 6.07) is 11.5. The Morgan fingerprint density at radius 3 is 2.57 bits per heavy atom. The zero-order valence-electron chi connectivity index (χ0n) is 12.4. The molecule has 21 heavy (non-hydrogen) atoms. The van der Waals surface area contributed by atoms with Crippen LogP contribution in [0, 0.1) is 12.7 Å². The van der Waals surface area contributed by atoms with Gasteiger partial charge in [0.15, 0.2) is 11.6 Å². The third-order valence-electron chi connectivity index (χ3n) is 3.54. The zero-order chi connectivity index (χ0) is 15.4. The second-order valence-corrected chi connectivity index (χ2v) is 5.89. The Hall–Kier alpha value is -1.39. The summed E-state index contributed by atoms with van der Waals surface area (Å²) >= 11 is 3.61. The number of aryl methyl sites for hydroxylation is 1. The van der Waals surface area contributed by atoms with E-state index in [0.29, 0.717) is 6.42 Å². The van der Waals surface area contributed by atoms with Gasteiger partial charge in [0.05, 0.1) is 7.11 Å². The molecule has 0 aromatic heterocycles. The van der Waals surface area contributed by atoms with E-state index in [-0.39, 0.29) is 17.6 Å². The van der Waals surface area contributed by atoms with Crippen LogP contribution in [0.25, 0.3) is 0 Å². The molecular formula is C17H19BrFNO. The van der Waals surface area contributed by atoms with Crippen molar-refractivity contribution in [3.8, 4) is 5.75 Å². The topological polar surface area (TPSA) is 21.3 Å². The molecular weight excluding hydrogens is 333 g/mol. The largest absolute Gasteiger partial charge is 0.494 e. The van der Waals surface area contributed by atoms with E-state index in [4.69, 9.17) is 4.74 Å². The van der Waals surface area contributed by atoms with Gasteiger partial charge in [0.2, 0.25) is 0 Å². The molecule has 0 aliphatic heterocycles. The van der Waals surface area contributed by atoms with Gasteiger partial charge in [0.1, 0.15) is 0 Å². The van der Waals surface area contributed by atoms with Gasteiger partial charge in [-0.3, -0.25) is 0 Å². The van der Waals surface area contributed by atoms with Crippen molar-refractivity contribution in [3.05, 3.63) is 63.4 Å². The van der Waals surface area contributed by atoms with Crippen molar-refractivity contribution in [2.45, 2.75) is 19.4 Å². The summed E-state index contributed by atoms with van der Waals surface area (Å²) in [6.07, 6.45) is 0.707. The van der Waals surface area contributed by atoms with E-state index in [9.17, 15) is 4.39 Å². The predicted octanol–water partition coefficient (Wildman–Crippen LogP) is 4.41. The molecule has 1 unspecified atom stereocenters. The maximum atomic E-state index is 13.8. The zero-order valence-corrected chi connectivity index (χ0v) is 14.0. The standard InChI is InChI=1S/C17H19BrFNO/c1-11-4-6-13(14(18)8-11)16(20-2)10-12-5-7-17(21-3)15(19)9-12/h4-9,16,20H,10H2,1-3H3. The highest BCUT2D eigenvalue weighted by atomic mass is 79.9. The van der Waals surface area contributed by atoms with Crippen LogP contribution in [0.5, 0.6) is 5.75 Å². The van der Waals surface area contributed by atoms with E-state index in [1.807, 2.05) is 13.1 Å². The quantitative estimate of drug-likeness (QED) is 0.861. The fraction of sp³-hybridized carbons (Fsp3) is 0.294. The maximum Gasteiger partial charge on any atom is 0.165 e. The highest BCUT2D eigenvalue weighted by Crippen LogP contribution is 2.28. The van der Waals surface area contributed by atoms with E-state index in [0.717, 1.165) is 10.0 Å². The number of halogens is 2. The van der Waals surface area contributed by atoms with Crippen LogP contribution in [-0.4, -0.2) is 14.2 Å². The molecule has 4 heteroatoms. The minimum absolute atomic E-state index is 0.118. The average Bonchev–Trinajstić information content (AvgIpc) is 2.45. The van der Waals surface area contributed by atoms with Gasteiger partial charge in [0.25, 0.3) is 0 Å². The predicted molar refractivity (Wildman–Crippen MR) is 87.3 cm³/mol. The number of hydrogen-bond donors (Lipinski definition) is 1. The van der Waals surface area contributed by atoms with Gasteiger partial charge < -0.3 is 10.1 Å². The fourth-order valence-corrected chi connectivity index (χ4v) is 3.12. The van der Waals surface area contributed by atoms with Crippen LogP contribution in [0.2, 0.25) is 0 Å². The van der Waals surface area contributed by atoms with Gasteiger partial charge in [-0.15, -0.1) is 0 Å². The molecule has 1 N–H and O–H groups in total. The molecule has 0 spiro atoms. The molecule has 0 aliphatic carbocycles. The molecule has 2 rings (SSSR count). The van der Waals surface area contributed by atoms with Gasteiger partial charge in [-0.2, -0.15) is 0 Å². The van der Waals surface area contributed by atoms with Crippen LogP contribution in [0.3, 0.4) is 0 Å². The minimum atomic E-state index is -0.326. The first-order chi connectivity index (χ1) is 10.0. The average molecular weight is 352 g/mol. The summed E-state index contributed by atoms with van der Waals surface area (Å²) in [5.74, 6) is -0.0518. The van der Waals surface area contributed by atoms with Crippen molar-refractivity contribution < 1.29 is 9.13 Å². The number of nitrogens with one attached hydrogen (secondary N) is 1. The Kier molecular flexibility index (Phi) is 5.37. The maximum absolute atomic E-state index is 13.8. The Morgan fingerprint density at radius 1 is 1.24 bits per heavy atom. The molecule has 1 atom stereocenters. The van der Waals surface area contributed by atoms with Gasteiger partial charge in [-0.1, -0.05) is 34.1 Å². The molecule has 2 aromatic rings. The molecule has 0 bridgehead atoms. The number of hydrogen-bond acceptors (Lipinski definition) is 2. The van der Waals surface area contributed by atoms with Crippen molar-refractivity contribution >= 4 is 15.9 Å². The Labute approximate surface area is 133 Å². The first kappa shape index (κ1) is 16.0. The summed E-state index contributed by atoms with van der Waals surface area (Å²) in [7, 11) is 3.38. The lowest BCUT2D eigenvalue weighted by atomic mass is 9.98. The van der Waals surface area contributed by atoms with Crippen molar-refractivity contribution in [3.63, 3.8) is 0 Å². The summed E-state index contributed by atoms with van der Waals surface area (Å²) in [6.45, 7) is 2.06. The molecule has 0 aliphatic rings. The monoisotopic (exact) mass is 351 g/mol. The van der Waals surface area contributed by atoms with Crippen molar-refractivity contribution in [1.29, 1.82) is 0 Å². The third-order valence-corrected chi connectivity index (χ3v) is 4.22. The minimum Gasteiger partial charge on any atom is -0.494 e. The first-order valence-electron chi connectivity index (χ1n) is 6.81. The number of benzene rings is 2. The van der Waals surface area contributed by atoms with Crippen molar-refractivity contribution in [1.82, 2.24) is 5.32 Å². The van der Waals surface area contributed by atoms with E-state index in [2.05, 4.69) is 46.4 Å². The Balaban J connectivity index is 2.24. The van der Waals surface area contributed by atoms with Crippen molar-refractivity contribution in [2.75, 3.05) is 14.2 Å². The molecule has 0 saturated carbocycles. The van der Waals surface area contributed by atoms with Crippen molar-refractivity contribution in [2.24, 2.45) is 0 Å². The number of rotatable bonds is 5. The van der Waals surface area contributed by atoms with E-state index in [1.165, 1.54) is 24.3 Å². The molecule has 0 radical (unpaired) electrons. The van der Waals surface area contributed by atoms with Gasteiger partial charge in [0, 0.05) is 10.5 Å². The van der Waals surface area contributed by atoms with Gasteiger partial charge in [-0.05, 0) is 55.3 Å². The van der Waals surface area contributed by atoms with E-state index >= 15 is 0 Å². The van der Waals surface area contributed by atoms with Crippen LogP contribution in [0.15, 0.2) is 40.9 Å². The molecule has 0 saturated heterocycles. The fourth-order valence-electron chi connectivity index (χ4n) is 2.35. The number of likely N-dealkylation sites (N-methyl/N-ethyl adjacent to an activating group) is 1. The molecule has 0 amide bonds. The summed E-state index contributed by atoms with van der Waals surface area (Å²) in [5, 5.41) is 3.29. The molecule has 2 aromatic carbocycles. The number of methoxy groups -OCH3 is 1. The third kappa shape index (κ3) is 3.83. The molecule has 112 valence electrons. The van der Waals surface area contributed by atoms with E-state index in [1.54, 1.807) is 6.07 Å². The Bertz CT molecular complexity index is 630. The van der Waals surface area contributed by atoms with Gasteiger partial charge >= 0.3 is 0 Å². The lowest BCUT2D eigenvalue weighted by Gasteiger charge is -2.19. The van der Waals surface area contributed by atoms with Crippen LogP contribution in [-0.2, 0) is 6.42 Å². The molecule has 0 heterocycles. The second kappa shape index (κ2) is 7.05. The lowest BCUT2D eigenvalue weighted by molar-refractivity contribution is 0.386.